The van der Waals surface area contributed by atoms with Crippen LogP contribution in [0.1, 0.15) is 12.6 Å². The van der Waals surface area contributed by atoms with Crippen molar-refractivity contribution in [1.29, 1.82) is 0 Å². The van der Waals surface area contributed by atoms with Crippen LogP contribution in [-0.2, 0) is 0 Å². The Labute approximate surface area is 69.1 Å². The lowest BCUT2D eigenvalue weighted by atomic mass is 10.1. The number of nitrogens with two attached hydrogens (primary N) is 1. The highest BCUT2D eigenvalue weighted by molar-refractivity contribution is 5.52. The Kier molecular flexibility index (Phi) is 3.23. The van der Waals surface area contributed by atoms with Crippen LogP contribution in [0.15, 0.2) is 18.2 Å². The molecule has 0 saturated heterocycles. The van der Waals surface area contributed by atoms with Gasteiger partial charge in [0.1, 0.15) is 0 Å². The summed E-state index contributed by atoms with van der Waals surface area (Å²) < 4.78 is 0. The molecule has 1 aromatic carbocycles. The highest BCUT2D eigenvalue weighted by Gasteiger charge is 1.92. The van der Waals surface area contributed by atoms with Gasteiger partial charge < -0.3 is 18.1 Å². The zero-order valence-corrected chi connectivity index (χ0v) is 6.94. The van der Waals surface area contributed by atoms with Crippen LogP contribution < -0.4 is 18.1 Å². The number of aryl methyl sites for hydroxylation is 2. The summed E-state index contributed by atoms with van der Waals surface area (Å²) in [6.45, 7) is 4.03. The Morgan fingerprint density at radius 2 is 1.60 bits per heavy atom. The molecule has 0 radical (unpaired) electrons. The summed E-state index contributed by atoms with van der Waals surface area (Å²) in [6.07, 6.45) is 0. The van der Waals surface area contributed by atoms with E-state index in [0.717, 1.165) is 16.8 Å². The maximum Gasteiger partial charge on any atom is 1.00 e. The molecule has 1 rings (SSSR count). The first-order valence-corrected chi connectivity index (χ1v) is 3.03. The first-order valence-electron chi connectivity index (χ1n) is 3.03. The SMILES string of the molecule is Cc1cccc(C)c1N.[Cl-].[H+]. The van der Waals surface area contributed by atoms with Crippen molar-refractivity contribution in [3.05, 3.63) is 29.3 Å². The summed E-state index contributed by atoms with van der Waals surface area (Å²) >= 11 is 0. The normalized spacial score (nSPS) is 8.60. The van der Waals surface area contributed by atoms with E-state index < -0.39 is 0 Å². The van der Waals surface area contributed by atoms with Crippen molar-refractivity contribution in [2.24, 2.45) is 0 Å². The Hall–Kier alpha value is -0.690. The van der Waals surface area contributed by atoms with Crippen LogP contribution in [-0.4, -0.2) is 0 Å². The van der Waals surface area contributed by atoms with Crippen LogP contribution >= 0.6 is 0 Å². The zero-order chi connectivity index (χ0) is 6.85. The van der Waals surface area contributed by atoms with Gasteiger partial charge in [-0.05, 0) is 25.0 Å². The molecule has 2 N–H and O–H groups in total. The fraction of sp³-hybridized carbons (Fsp3) is 0.250. The standard InChI is InChI=1S/C8H11N.ClH/c1-6-4-3-5-7(2)8(6)9;/h3-5H,9H2,1-2H3;1H. The van der Waals surface area contributed by atoms with Gasteiger partial charge in [-0.1, -0.05) is 18.2 Å². The van der Waals surface area contributed by atoms with Crippen molar-refractivity contribution in [1.82, 2.24) is 0 Å². The summed E-state index contributed by atoms with van der Waals surface area (Å²) in [7, 11) is 0. The summed E-state index contributed by atoms with van der Waals surface area (Å²) in [5.74, 6) is 0. The fourth-order valence-electron chi connectivity index (χ4n) is 0.827. The Balaban J connectivity index is 0. The lowest BCUT2D eigenvalue weighted by molar-refractivity contribution is -0.00000201. The quantitative estimate of drug-likeness (QED) is 0.481. The summed E-state index contributed by atoms with van der Waals surface area (Å²) in [4.78, 5) is 0. The predicted molar refractivity (Wildman–Crippen MR) is 41.4 cm³/mol. The van der Waals surface area contributed by atoms with E-state index in [1.807, 2.05) is 32.0 Å². The predicted octanol–water partition coefficient (Wildman–Crippen LogP) is -0.998. The molecule has 1 aromatic rings. The second-order valence-corrected chi connectivity index (χ2v) is 2.31. The summed E-state index contributed by atoms with van der Waals surface area (Å²) in [6, 6.07) is 6.05. The van der Waals surface area contributed by atoms with Gasteiger partial charge >= 0.3 is 1.43 Å². The van der Waals surface area contributed by atoms with Crippen LogP contribution in [0.2, 0.25) is 0 Å². The third-order valence-electron chi connectivity index (χ3n) is 1.54. The molecule has 0 bridgehead atoms. The van der Waals surface area contributed by atoms with Crippen LogP contribution in [0.25, 0.3) is 0 Å². The number of rotatable bonds is 0. The number of hydrogen-bond donors (Lipinski definition) is 1. The highest BCUT2D eigenvalue weighted by Crippen LogP contribution is 2.13. The van der Waals surface area contributed by atoms with E-state index in [9.17, 15) is 0 Å². The van der Waals surface area contributed by atoms with Crippen molar-refractivity contribution >= 4 is 5.69 Å². The van der Waals surface area contributed by atoms with Gasteiger partial charge in [-0.15, -0.1) is 0 Å². The molecule has 2 heteroatoms. The number of benzene rings is 1. The largest absolute Gasteiger partial charge is 1.00 e. The molecule has 0 aromatic heterocycles. The van der Waals surface area contributed by atoms with Crippen molar-refractivity contribution in [3.63, 3.8) is 0 Å². The van der Waals surface area contributed by atoms with Crippen molar-refractivity contribution in [2.75, 3.05) is 5.73 Å². The van der Waals surface area contributed by atoms with Crippen molar-refractivity contribution < 1.29 is 13.8 Å². The third kappa shape index (κ3) is 1.64. The van der Waals surface area contributed by atoms with Crippen molar-refractivity contribution in [3.8, 4) is 0 Å². The van der Waals surface area contributed by atoms with E-state index in [1.165, 1.54) is 0 Å². The maximum absolute atomic E-state index is 5.68. The number of halogens is 1. The molecule has 0 amide bonds. The molecule has 0 heterocycles. The smallest absolute Gasteiger partial charge is 1.00 e. The fourth-order valence-corrected chi connectivity index (χ4v) is 0.827. The van der Waals surface area contributed by atoms with Crippen LogP contribution in [0.3, 0.4) is 0 Å². The molecule has 56 valence electrons. The molecule has 10 heavy (non-hydrogen) atoms. The van der Waals surface area contributed by atoms with Gasteiger partial charge in [0.2, 0.25) is 0 Å². The summed E-state index contributed by atoms with van der Waals surface area (Å²) in [5, 5.41) is 0. The van der Waals surface area contributed by atoms with Crippen LogP contribution in [0, 0.1) is 13.8 Å². The van der Waals surface area contributed by atoms with E-state index in [4.69, 9.17) is 5.73 Å². The maximum atomic E-state index is 5.68. The highest BCUT2D eigenvalue weighted by atomic mass is 35.5. The molecule has 1 nitrogen and oxygen atoms in total. The minimum atomic E-state index is 0. The van der Waals surface area contributed by atoms with Gasteiger partial charge in [0, 0.05) is 5.69 Å². The number of hydrogen-bond acceptors (Lipinski definition) is 1. The number of para-hydroxylation sites is 1. The van der Waals surface area contributed by atoms with E-state index in [1.54, 1.807) is 0 Å². The monoisotopic (exact) mass is 157 g/mol. The topological polar surface area (TPSA) is 26.0 Å². The van der Waals surface area contributed by atoms with Gasteiger partial charge in [-0.2, -0.15) is 0 Å². The second-order valence-electron chi connectivity index (χ2n) is 2.31. The average Bonchev–Trinajstić information content (AvgIpc) is 1.83. The van der Waals surface area contributed by atoms with Crippen LogP contribution in [0.5, 0.6) is 0 Å². The second kappa shape index (κ2) is 3.47. The van der Waals surface area contributed by atoms with E-state index in [0.29, 0.717) is 0 Å². The Bertz CT molecular complexity index is 205. The molecule has 0 saturated carbocycles. The molecule has 0 aliphatic rings. The van der Waals surface area contributed by atoms with E-state index >= 15 is 0 Å². The minimum absolute atomic E-state index is 0. The van der Waals surface area contributed by atoms with E-state index in [2.05, 4.69) is 0 Å². The lowest BCUT2D eigenvalue weighted by Crippen LogP contribution is -3.00. The van der Waals surface area contributed by atoms with Gasteiger partial charge in [0.15, 0.2) is 0 Å². The molecule has 0 fully saturated rings. The van der Waals surface area contributed by atoms with E-state index in [-0.39, 0.29) is 13.8 Å². The molecular formula is C8H12ClN. The molecule has 0 aliphatic carbocycles. The molecular weight excluding hydrogens is 146 g/mol. The first kappa shape index (κ1) is 9.31. The zero-order valence-electron chi connectivity index (χ0n) is 7.19. The molecule has 0 atom stereocenters. The summed E-state index contributed by atoms with van der Waals surface area (Å²) in [5.41, 5.74) is 8.92. The van der Waals surface area contributed by atoms with Gasteiger partial charge in [-0.25, -0.2) is 0 Å². The molecule has 0 spiro atoms. The number of anilines is 1. The van der Waals surface area contributed by atoms with Crippen molar-refractivity contribution in [2.45, 2.75) is 13.8 Å². The van der Waals surface area contributed by atoms with Gasteiger partial charge in [-0.3, -0.25) is 0 Å². The van der Waals surface area contributed by atoms with Gasteiger partial charge in [0.25, 0.3) is 0 Å². The average molecular weight is 158 g/mol. The number of nitrogen functional groups attached to an aromatic ring is 1. The molecule has 0 unspecified atom stereocenters. The third-order valence-corrected chi connectivity index (χ3v) is 1.54. The Morgan fingerprint density at radius 1 is 1.20 bits per heavy atom. The first-order chi connectivity index (χ1) is 4.22. The Morgan fingerprint density at radius 3 is 1.90 bits per heavy atom. The van der Waals surface area contributed by atoms with Gasteiger partial charge in [0.05, 0.1) is 0 Å². The minimum Gasteiger partial charge on any atom is -1.00 e. The lowest BCUT2D eigenvalue weighted by Gasteiger charge is -2.00. The van der Waals surface area contributed by atoms with Crippen LogP contribution in [0.4, 0.5) is 5.69 Å². The molecule has 0 aliphatic heterocycles.